The second-order valence-corrected chi connectivity index (χ2v) is 4.06. The molecule has 0 bridgehead atoms. The fraction of sp³-hybridized carbons (Fsp3) is 1.00. The van der Waals surface area contributed by atoms with E-state index in [9.17, 15) is 5.11 Å². The smallest absolute Gasteiger partial charge is 0.0822 e. The number of hydrogen-bond acceptors (Lipinski definition) is 2. The normalized spacial score (nSPS) is 38.5. The second-order valence-electron chi connectivity index (χ2n) is 4.06. The molecule has 0 radical (unpaired) electrons. The monoisotopic (exact) mass is 171 g/mol. The minimum Gasteiger partial charge on any atom is -0.388 e. The molecule has 72 valence electrons. The molecular weight excluding hydrogens is 150 g/mol. The zero-order valence-electron chi connectivity index (χ0n) is 8.43. The Bertz CT molecular complexity index is 149. The van der Waals surface area contributed by atoms with Crippen molar-refractivity contribution in [1.29, 1.82) is 0 Å². The summed E-state index contributed by atoms with van der Waals surface area (Å²) >= 11 is 0. The summed E-state index contributed by atoms with van der Waals surface area (Å²) in [5.74, 6) is 0.451. The molecule has 0 aromatic rings. The lowest BCUT2D eigenvalue weighted by molar-refractivity contribution is -0.0208. The standard InChI is InChI=1S/C10H21NO/c1-4-11-9(3)10(12)7-5-6-8(10)2/h8-9,11-12H,4-7H2,1-3H3. The van der Waals surface area contributed by atoms with E-state index in [1.165, 1.54) is 12.8 Å². The molecule has 0 aromatic heterocycles. The largest absolute Gasteiger partial charge is 0.388 e. The van der Waals surface area contributed by atoms with Gasteiger partial charge in [-0.3, -0.25) is 0 Å². The summed E-state index contributed by atoms with van der Waals surface area (Å²) in [6.07, 6.45) is 3.31. The minimum atomic E-state index is -0.448. The third kappa shape index (κ3) is 1.64. The van der Waals surface area contributed by atoms with E-state index in [4.69, 9.17) is 0 Å². The quantitative estimate of drug-likeness (QED) is 0.675. The van der Waals surface area contributed by atoms with Gasteiger partial charge in [0.15, 0.2) is 0 Å². The van der Waals surface area contributed by atoms with Crippen LogP contribution in [0.15, 0.2) is 0 Å². The number of aliphatic hydroxyl groups is 1. The van der Waals surface area contributed by atoms with Crippen molar-refractivity contribution in [3.63, 3.8) is 0 Å². The van der Waals surface area contributed by atoms with E-state index in [0.717, 1.165) is 13.0 Å². The van der Waals surface area contributed by atoms with E-state index in [2.05, 4.69) is 26.1 Å². The summed E-state index contributed by atoms with van der Waals surface area (Å²) in [5.41, 5.74) is -0.448. The molecule has 0 amide bonds. The van der Waals surface area contributed by atoms with Gasteiger partial charge in [0, 0.05) is 6.04 Å². The lowest BCUT2D eigenvalue weighted by Gasteiger charge is -2.34. The van der Waals surface area contributed by atoms with Crippen molar-refractivity contribution in [2.45, 2.75) is 51.7 Å². The minimum absolute atomic E-state index is 0.236. The maximum atomic E-state index is 10.3. The van der Waals surface area contributed by atoms with Crippen LogP contribution in [0.5, 0.6) is 0 Å². The van der Waals surface area contributed by atoms with E-state index in [0.29, 0.717) is 5.92 Å². The summed E-state index contributed by atoms with van der Waals surface area (Å²) in [7, 11) is 0. The first-order valence-corrected chi connectivity index (χ1v) is 5.07. The Hall–Kier alpha value is -0.0800. The van der Waals surface area contributed by atoms with E-state index < -0.39 is 5.60 Å². The zero-order valence-corrected chi connectivity index (χ0v) is 8.43. The molecule has 1 aliphatic rings. The molecule has 12 heavy (non-hydrogen) atoms. The van der Waals surface area contributed by atoms with Crippen LogP contribution in [0.4, 0.5) is 0 Å². The predicted molar refractivity (Wildman–Crippen MR) is 51.1 cm³/mol. The average molecular weight is 171 g/mol. The molecule has 0 aliphatic heterocycles. The van der Waals surface area contributed by atoms with Crippen LogP contribution >= 0.6 is 0 Å². The van der Waals surface area contributed by atoms with E-state index in [-0.39, 0.29) is 6.04 Å². The zero-order chi connectivity index (χ0) is 9.19. The third-order valence-electron chi connectivity index (χ3n) is 3.33. The van der Waals surface area contributed by atoms with Crippen molar-refractivity contribution in [1.82, 2.24) is 5.32 Å². The summed E-state index contributed by atoms with van der Waals surface area (Å²) in [5, 5.41) is 13.6. The third-order valence-corrected chi connectivity index (χ3v) is 3.33. The highest BCUT2D eigenvalue weighted by atomic mass is 16.3. The van der Waals surface area contributed by atoms with Gasteiger partial charge in [0.1, 0.15) is 0 Å². The molecule has 2 heteroatoms. The van der Waals surface area contributed by atoms with Gasteiger partial charge in [0.25, 0.3) is 0 Å². The molecule has 2 nitrogen and oxygen atoms in total. The van der Waals surface area contributed by atoms with Gasteiger partial charge in [-0.15, -0.1) is 0 Å². The molecule has 0 aromatic carbocycles. The van der Waals surface area contributed by atoms with Crippen LogP contribution in [0.2, 0.25) is 0 Å². The summed E-state index contributed by atoms with van der Waals surface area (Å²) in [6.45, 7) is 7.27. The maximum Gasteiger partial charge on any atom is 0.0822 e. The Morgan fingerprint density at radius 3 is 2.75 bits per heavy atom. The van der Waals surface area contributed by atoms with Crippen LogP contribution in [0, 0.1) is 5.92 Å². The first-order valence-electron chi connectivity index (χ1n) is 5.07. The van der Waals surface area contributed by atoms with Crippen molar-refractivity contribution in [3.8, 4) is 0 Å². The lowest BCUT2D eigenvalue weighted by atomic mass is 9.86. The van der Waals surface area contributed by atoms with Gasteiger partial charge in [-0.05, 0) is 32.2 Å². The number of nitrogens with one attached hydrogen (secondary N) is 1. The Morgan fingerprint density at radius 1 is 1.67 bits per heavy atom. The highest BCUT2D eigenvalue weighted by molar-refractivity contribution is 4.97. The molecule has 0 heterocycles. The van der Waals surface area contributed by atoms with Gasteiger partial charge in [0.2, 0.25) is 0 Å². The highest BCUT2D eigenvalue weighted by Gasteiger charge is 2.42. The number of rotatable bonds is 3. The molecule has 1 aliphatic carbocycles. The fourth-order valence-corrected chi connectivity index (χ4v) is 2.31. The van der Waals surface area contributed by atoms with Crippen LogP contribution in [0.3, 0.4) is 0 Å². The molecule has 2 N–H and O–H groups in total. The Balaban J connectivity index is 2.56. The maximum absolute atomic E-state index is 10.3. The molecule has 0 spiro atoms. The van der Waals surface area contributed by atoms with E-state index in [1.54, 1.807) is 0 Å². The van der Waals surface area contributed by atoms with Crippen molar-refractivity contribution in [2.75, 3.05) is 6.54 Å². The first kappa shape index (κ1) is 10.0. The molecule has 1 saturated carbocycles. The SMILES string of the molecule is CCNC(C)C1(O)CCCC1C. The van der Waals surface area contributed by atoms with Gasteiger partial charge in [-0.25, -0.2) is 0 Å². The Morgan fingerprint density at radius 2 is 2.33 bits per heavy atom. The van der Waals surface area contributed by atoms with Crippen LogP contribution < -0.4 is 5.32 Å². The molecule has 1 rings (SSSR count). The van der Waals surface area contributed by atoms with Gasteiger partial charge >= 0.3 is 0 Å². The molecule has 0 saturated heterocycles. The van der Waals surface area contributed by atoms with Crippen molar-refractivity contribution < 1.29 is 5.11 Å². The highest BCUT2D eigenvalue weighted by Crippen LogP contribution is 2.37. The lowest BCUT2D eigenvalue weighted by Crippen LogP contribution is -2.50. The van der Waals surface area contributed by atoms with Gasteiger partial charge in [-0.1, -0.05) is 20.3 Å². The number of hydrogen-bond donors (Lipinski definition) is 2. The van der Waals surface area contributed by atoms with Crippen LogP contribution in [0.1, 0.15) is 40.0 Å². The van der Waals surface area contributed by atoms with Crippen molar-refractivity contribution >= 4 is 0 Å². The first-order chi connectivity index (χ1) is 5.61. The van der Waals surface area contributed by atoms with Crippen molar-refractivity contribution in [3.05, 3.63) is 0 Å². The summed E-state index contributed by atoms with van der Waals surface area (Å²) < 4.78 is 0. The van der Waals surface area contributed by atoms with Gasteiger partial charge < -0.3 is 10.4 Å². The predicted octanol–water partition coefficient (Wildman–Crippen LogP) is 1.54. The molecule has 3 unspecified atom stereocenters. The van der Waals surface area contributed by atoms with Crippen LogP contribution in [-0.4, -0.2) is 23.3 Å². The van der Waals surface area contributed by atoms with E-state index >= 15 is 0 Å². The fourth-order valence-electron chi connectivity index (χ4n) is 2.31. The summed E-state index contributed by atoms with van der Waals surface area (Å²) in [4.78, 5) is 0. The average Bonchev–Trinajstić information content (AvgIpc) is 2.34. The second kappa shape index (κ2) is 3.75. The van der Waals surface area contributed by atoms with Crippen molar-refractivity contribution in [2.24, 2.45) is 5.92 Å². The Kier molecular flexibility index (Phi) is 3.13. The van der Waals surface area contributed by atoms with Gasteiger partial charge in [0.05, 0.1) is 5.60 Å². The van der Waals surface area contributed by atoms with Gasteiger partial charge in [-0.2, -0.15) is 0 Å². The molecular formula is C10H21NO. The van der Waals surface area contributed by atoms with Crippen LogP contribution in [-0.2, 0) is 0 Å². The Labute approximate surface area is 75.4 Å². The number of likely N-dealkylation sites (N-methyl/N-ethyl adjacent to an activating group) is 1. The van der Waals surface area contributed by atoms with E-state index in [1.807, 2.05) is 0 Å². The summed E-state index contributed by atoms with van der Waals surface area (Å²) in [6, 6.07) is 0.236. The topological polar surface area (TPSA) is 32.3 Å². The molecule has 3 atom stereocenters. The molecule has 1 fully saturated rings. The van der Waals surface area contributed by atoms with Crippen LogP contribution in [0.25, 0.3) is 0 Å².